The lowest BCUT2D eigenvalue weighted by atomic mass is 10.2. The van der Waals surface area contributed by atoms with Gasteiger partial charge in [-0.1, -0.05) is 12.1 Å². The van der Waals surface area contributed by atoms with E-state index >= 15 is 0 Å². The number of hydrogen-bond acceptors (Lipinski definition) is 6. The normalized spacial score (nSPS) is 13.9. The van der Waals surface area contributed by atoms with Crippen LogP contribution in [0.5, 0.6) is 0 Å². The van der Waals surface area contributed by atoms with Gasteiger partial charge in [0.25, 0.3) is 5.91 Å². The van der Waals surface area contributed by atoms with E-state index in [1.54, 1.807) is 53.1 Å². The SMILES string of the molecule is CCOC(=O)c1ccccc1NCC(=O)N1CCN(C(=O)c2ccco2)CC1. The fraction of sp³-hybridized carbons (Fsp3) is 0.350. The van der Waals surface area contributed by atoms with Gasteiger partial charge >= 0.3 is 5.97 Å². The van der Waals surface area contributed by atoms with E-state index in [0.717, 1.165) is 0 Å². The van der Waals surface area contributed by atoms with Gasteiger partial charge in [0.05, 0.1) is 25.0 Å². The van der Waals surface area contributed by atoms with Crippen LogP contribution in [-0.2, 0) is 9.53 Å². The zero-order valence-electron chi connectivity index (χ0n) is 15.7. The number of anilines is 1. The van der Waals surface area contributed by atoms with Gasteiger partial charge < -0.3 is 24.3 Å². The lowest BCUT2D eigenvalue weighted by molar-refractivity contribution is -0.130. The lowest BCUT2D eigenvalue weighted by Gasteiger charge is -2.34. The summed E-state index contributed by atoms with van der Waals surface area (Å²) in [7, 11) is 0. The second kappa shape index (κ2) is 9.07. The molecule has 0 unspecified atom stereocenters. The van der Waals surface area contributed by atoms with E-state index in [2.05, 4.69) is 5.32 Å². The number of nitrogens with zero attached hydrogens (tertiary/aromatic N) is 2. The van der Waals surface area contributed by atoms with Gasteiger partial charge in [-0.15, -0.1) is 0 Å². The highest BCUT2D eigenvalue weighted by Gasteiger charge is 2.26. The lowest BCUT2D eigenvalue weighted by Crippen LogP contribution is -2.51. The van der Waals surface area contributed by atoms with E-state index in [9.17, 15) is 14.4 Å². The molecule has 1 fully saturated rings. The van der Waals surface area contributed by atoms with E-state index in [1.165, 1.54) is 6.26 Å². The smallest absolute Gasteiger partial charge is 0.340 e. The topological polar surface area (TPSA) is 92.1 Å². The third kappa shape index (κ3) is 4.51. The Morgan fingerprint density at radius 2 is 1.75 bits per heavy atom. The number of furan rings is 1. The minimum absolute atomic E-state index is 0.0581. The molecular weight excluding hydrogens is 362 g/mol. The second-order valence-corrected chi connectivity index (χ2v) is 6.27. The third-order valence-corrected chi connectivity index (χ3v) is 4.50. The quantitative estimate of drug-likeness (QED) is 0.763. The molecule has 0 atom stereocenters. The molecule has 1 aromatic carbocycles. The summed E-state index contributed by atoms with van der Waals surface area (Å²) in [5, 5.41) is 3.02. The maximum atomic E-state index is 12.5. The second-order valence-electron chi connectivity index (χ2n) is 6.27. The molecule has 0 aliphatic carbocycles. The molecular formula is C20H23N3O5. The Labute approximate surface area is 163 Å². The van der Waals surface area contributed by atoms with Gasteiger partial charge in [-0.25, -0.2) is 4.79 Å². The van der Waals surface area contributed by atoms with Crippen LogP contribution >= 0.6 is 0 Å². The predicted molar refractivity (Wildman–Crippen MR) is 102 cm³/mol. The number of esters is 1. The molecule has 0 bridgehead atoms. The van der Waals surface area contributed by atoms with E-state index in [4.69, 9.17) is 9.15 Å². The Morgan fingerprint density at radius 3 is 2.43 bits per heavy atom. The van der Waals surface area contributed by atoms with Gasteiger partial charge in [-0.2, -0.15) is 0 Å². The summed E-state index contributed by atoms with van der Waals surface area (Å²) in [6.07, 6.45) is 1.47. The molecule has 1 N–H and O–H groups in total. The van der Waals surface area contributed by atoms with Gasteiger partial charge in [0.2, 0.25) is 5.91 Å². The van der Waals surface area contributed by atoms with Crippen LogP contribution in [0.1, 0.15) is 27.8 Å². The monoisotopic (exact) mass is 385 g/mol. The average Bonchev–Trinajstić information content (AvgIpc) is 3.27. The molecule has 2 heterocycles. The summed E-state index contributed by atoms with van der Waals surface area (Å²) in [6.45, 7) is 3.89. The van der Waals surface area contributed by atoms with Crippen molar-refractivity contribution in [3.63, 3.8) is 0 Å². The molecule has 2 amide bonds. The minimum Gasteiger partial charge on any atom is -0.462 e. The highest BCUT2D eigenvalue weighted by atomic mass is 16.5. The molecule has 8 heteroatoms. The number of hydrogen-bond donors (Lipinski definition) is 1. The first kappa shape index (κ1) is 19.5. The van der Waals surface area contributed by atoms with Crippen molar-refractivity contribution < 1.29 is 23.5 Å². The van der Waals surface area contributed by atoms with Crippen LogP contribution in [0, 0.1) is 0 Å². The van der Waals surface area contributed by atoms with Crippen molar-refractivity contribution >= 4 is 23.5 Å². The first-order valence-electron chi connectivity index (χ1n) is 9.20. The van der Waals surface area contributed by atoms with Crippen molar-refractivity contribution in [2.75, 3.05) is 44.6 Å². The van der Waals surface area contributed by atoms with Crippen LogP contribution in [0.4, 0.5) is 5.69 Å². The fourth-order valence-corrected chi connectivity index (χ4v) is 3.02. The zero-order chi connectivity index (χ0) is 19.9. The van der Waals surface area contributed by atoms with E-state index in [0.29, 0.717) is 43.2 Å². The van der Waals surface area contributed by atoms with Crippen LogP contribution in [0.2, 0.25) is 0 Å². The van der Waals surface area contributed by atoms with E-state index in [1.807, 2.05) is 0 Å². The highest BCUT2D eigenvalue weighted by molar-refractivity contribution is 5.96. The molecule has 28 heavy (non-hydrogen) atoms. The molecule has 2 aromatic rings. The summed E-state index contributed by atoms with van der Waals surface area (Å²) in [4.78, 5) is 40.2. The molecule has 1 saturated heterocycles. The van der Waals surface area contributed by atoms with Crippen LogP contribution in [0.25, 0.3) is 0 Å². The maximum Gasteiger partial charge on any atom is 0.340 e. The molecule has 148 valence electrons. The Morgan fingerprint density at radius 1 is 1.04 bits per heavy atom. The number of nitrogens with one attached hydrogen (secondary N) is 1. The van der Waals surface area contributed by atoms with E-state index in [-0.39, 0.29) is 25.0 Å². The third-order valence-electron chi connectivity index (χ3n) is 4.50. The predicted octanol–water partition coefficient (Wildman–Crippen LogP) is 1.85. The zero-order valence-corrected chi connectivity index (χ0v) is 15.7. The highest BCUT2D eigenvalue weighted by Crippen LogP contribution is 2.16. The first-order chi connectivity index (χ1) is 13.6. The largest absolute Gasteiger partial charge is 0.462 e. The van der Waals surface area contributed by atoms with Crippen molar-refractivity contribution in [1.82, 2.24) is 9.80 Å². The molecule has 1 aliphatic rings. The summed E-state index contributed by atoms with van der Waals surface area (Å²) in [5.74, 6) is -0.387. The van der Waals surface area contributed by atoms with Gasteiger partial charge in [0, 0.05) is 31.9 Å². The van der Waals surface area contributed by atoms with Crippen molar-refractivity contribution in [2.45, 2.75) is 6.92 Å². The van der Waals surface area contributed by atoms with Crippen molar-refractivity contribution in [2.24, 2.45) is 0 Å². The molecule has 3 rings (SSSR count). The van der Waals surface area contributed by atoms with Crippen LogP contribution in [0.3, 0.4) is 0 Å². The number of amides is 2. The van der Waals surface area contributed by atoms with Crippen LogP contribution < -0.4 is 5.32 Å². The number of rotatable bonds is 6. The number of piperazine rings is 1. The van der Waals surface area contributed by atoms with Crippen LogP contribution in [0.15, 0.2) is 47.1 Å². The standard InChI is InChI=1S/C20H23N3O5/c1-2-27-20(26)15-6-3-4-7-16(15)21-14-18(24)22-9-11-23(12-10-22)19(25)17-8-5-13-28-17/h3-8,13,21H,2,9-12,14H2,1H3. The molecule has 1 aromatic heterocycles. The molecule has 0 saturated carbocycles. The summed E-state index contributed by atoms with van der Waals surface area (Å²) >= 11 is 0. The summed E-state index contributed by atoms with van der Waals surface area (Å²) in [5.41, 5.74) is 0.951. The molecule has 0 spiro atoms. The van der Waals surface area contributed by atoms with Gasteiger partial charge in [0.1, 0.15) is 0 Å². The van der Waals surface area contributed by atoms with Crippen molar-refractivity contribution in [3.8, 4) is 0 Å². The Hall–Kier alpha value is -3.29. The Kier molecular flexibility index (Phi) is 6.31. The Balaban J connectivity index is 1.52. The van der Waals surface area contributed by atoms with E-state index < -0.39 is 5.97 Å². The van der Waals surface area contributed by atoms with Gasteiger partial charge in [-0.05, 0) is 31.2 Å². The van der Waals surface area contributed by atoms with Crippen molar-refractivity contribution in [1.29, 1.82) is 0 Å². The molecule has 1 aliphatic heterocycles. The van der Waals surface area contributed by atoms with Crippen LogP contribution in [-0.4, -0.2) is 66.9 Å². The number of benzene rings is 1. The molecule has 8 nitrogen and oxygen atoms in total. The fourth-order valence-electron chi connectivity index (χ4n) is 3.02. The number of carbonyl (C=O) groups is 3. The van der Waals surface area contributed by atoms with Gasteiger partial charge in [0.15, 0.2) is 5.76 Å². The molecule has 0 radical (unpaired) electrons. The number of ether oxygens (including phenoxy) is 1. The summed E-state index contributed by atoms with van der Waals surface area (Å²) in [6, 6.07) is 10.2. The van der Waals surface area contributed by atoms with Gasteiger partial charge in [-0.3, -0.25) is 9.59 Å². The number of carbonyl (C=O) groups excluding carboxylic acids is 3. The number of para-hydroxylation sites is 1. The Bertz CT molecular complexity index is 826. The maximum absolute atomic E-state index is 12.5. The van der Waals surface area contributed by atoms with Crippen molar-refractivity contribution in [3.05, 3.63) is 54.0 Å². The minimum atomic E-state index is -0.428. The summed E-state index contributed by atoms with van der Waals surface area (Å²) < 4.78 is 10.2. The first-order valence-corrected chi connectivity index (χ1v) is 9.20. The average molecular weight is 385 g/mol.